The largest absolute Gasteiger partial charge is 0.361 e. The van der Waals surface area contributed by atoms with Crippen molar-refractivity contribution in [2.45, 2.75) is 44.3 Å². The van der Waals surface area contributed by atoms with Crippen LogP contribution in [0.1, 0.15) is 39.6 Å². The first-order chi connectivity index (χ1) is 17.5. The summed E-state index contributed by atoms with van der Waals surface area (Å²) < 4.78 is 13.6. The van der Waals surface area contributed by atoms with Gasteiger partial charge in [0.25, 0.3) is 5.91 Å². The third kappa shape index (κ3) is 5.77. The molecule has 4 rings (SSSR count). The van der Waals surface area contributed by atoms with Gasteiger partial charge in [-0.15, -0.1) is 11.3 Å². The van der Waals surface area contributed by atoms with Crippen LogP contribution in [0, 0.1) is 11.7 Å². The topological polar surface area (TPSA) is 142 Å². The Morgan fingerprint density at radius 1 is 1.22 bits per heavy atom. The van der Waals surface area contributed by atoms with Crippen molar-refractivity contribution in [3.05, 3.63) is 39.7 Å². The highest BCUT2D eigenvalue weighted by atomic mass is 32.1. The number of nitrogens with one attached hydrogen (secondary N) is 1. The first kappa shape index (κ1) is 26.6. The number of amides is 4. The lowest BCUT2D eigenvalue weighted by Crippen LogP contribution is -2.59. The molecule has 0 saturated heterocycles. The molecule has 11 nitrogen and oxygen atoms in total. The number of nitrogens with two attached hydrogens (primary N) is 1. The molecule has 1 aliphatic carbocycles. The van der Waals surface area contributed by atoms with Gasteiger partial charge in [-0.05, 0) is 38.4 Å². The molecule has 0 spiro atoms. The van der Waals surface area contributed by atoms with E-state index in [1.807, 2.05) is 7.05 Å². The number of rotatable bonds is 5. The predicted octanol–water partition coefficient (Wildman–Crippen LogP) is 0.539. The predicted molar refractivity (Wildman–Crippen MR) is 134 cm³/mol. The van der Waals surface area contributed by atoms with Gasteiger partial charge in [0.15, 0.2) is 5.01 Å². The molecule has 4 amide bonds. The standard InChI is InChI=1S/C24H30FN7O4S/c1-30(2)23(35)13-4-6-17(32(24(36)20(26)33)19-7-5-14(25)11-27-19)16(10-13)28-21(34)22-29-15-8-9-31(3)12-18(15)37-22/h5,7,11,13,16-17H,4,6,8-10,12H2,1-3H3,(H2,26,33)(H,28,34)/t13-,16+,17-/m0/s1. The molecule has 1 aliphatic heterocycles. The Morgan fingerprint density at radius 3 is 2.62 bits per heavy atom. The van der Waals surface area contributed by atoms with Gasteiger partial charge in [-0.1, -0.05) is 0 Å². The van der Waals surface area contributed by atoms with Gasteiger partial charge in [0.2, 0.25) is 5.91 Å². The molecule has 2 aliphatic rings. The third-order valence-electron chi connectivity index (χ3n) is 6.76. The maximum atomic E-state index is 13.6. The number of aromatic nitrogens is 2. The molecule has 3 atom stereocenters. The second kappa shape index (κ2) is 10.9. The molecule has 0 radical (unpaired) electrons. The van der Waals surface area contributed by atoms with E-state index in [1.165, 1.54) is 22.3 Å². The smallest absolute Gasteiger partial charge is 0.317 e. The monoisotopic (exact) mass is 531 g/mol. The first-order valence-electron chi connectivity index (χ1n) is 12.0. The van der Waals surface area contributed by atoms with Crippen molar-refractivity contribution in [3.63, 3.8) is 0 Å². The highest BCUT2D eigenvalue weighted by molar-refractivity contribution is 7.13. The Morgan fingerprint density at radius 2 is 1.97 bits per heavy atom. The lowest BCUT2D eigenvalue weighted by Gasteiger charge is -2.41. The zero-order chi connectivity index (χ0) is 26.9. The summed E-state index contributed by atoms with van der Waals surface area (Å²) in [6.07, 6.45) is 2.60. The maximum Gasteiger partial charge on any atom is 0.317 e. The highest BCUT2D eigenvalue weighted by Crippen LogP contribution is 2.32. The fourth-order valence-electron chi connectivity index (χ4n) is 4.91. The minimum absolute atomic E-state index is 0.0274. The number of thiazole rings is 1. The van der Waals surface area contributed by atoms with Crippen LogP contribution in [0.5, 0.6) is 0 Å². The van der Waals surface area contributed by atoms with Gasteiger partial charge in [0, 0.05) is 44.4 Å². The molecule has 3 heterocycles. The third-order valence-corrected chi connectivity index (χ3v) is 7.84. The van der Waals surface area contributed by atoms with Crippen LogP contribution >= 0.6 is 11.3 Å². The van der Waals surface area contributed by atoms with Crippen LogP contribution in [0.15, 0.2) is 18.3 Å². The fraction of sp³-hybridized carbons (Fsp3) is 0.500. The number of hydrogen-bond acceptors (Lipinski definition) is 8. The lowest BCUT2D eigenvalue weighted by atomic mass is 9.80. The summed E-state index contributed by atoms with van der Waals surface area (Å²) in [6, 6.07) is 0.940. The van der Waals surface area contributed by atoms with Crippen molar-refractivity contribution >= 4 is 40.8 Å². The Hall–Kier alpha value is -3.45. The maximum absolute atomic E-state index is 13.6. The number of nitrogens with zero attached hydrogens (tertiary/aromatic N) is 5. The Bertz CT molecular complexity index is 1200. The fourth-order valence-corrected chi connectivity index (χ4v) is 6.00. The summed E-state index contributed by atoms with van der Waals surface area (Å²) in [7, 11) is 5.32. The van der Waals surface area contributed by atoms with Gasteiger partial charge >= 0.3 is 11.8 Å². The van der Waals surface area contributed by atoms with Crippen LogP contribution in [0.4, 0.5) is 10.2 Å². The number of primary amides is 1. The van der Waals surface area contributed by atoms with E-state index >= 15 is 0 Å². The van der Waals surface area contributed by atoms with E-state index < -0.39 is 41.5 Å². The number of pyridine rings is 1. The summed E-state index contributed by atoms with van der Waals surface area (Å²) in [5.74, 6) is -3.75. The van der Waals surface area contributed by atoms with Crippen molar-refractivity contribution < 1.29 is 23.6 Å². The van der Waals surface area contributed by atoms with Gasteiger partial charge in [-0.2, -0.15) is 0 Å². The second-order valence-corrected chi connectivity index (χ2v) is 10.7. The van der Waals surface area contributed by atoms with Gasteiger partial charge in [-0.3, -0.25) is 24.1 Å². The van der Waals surface area contributed by atoms with Gasteiger partial charge < -0.3 is 20.9 Å². The van der Waals surface area contributed by atoms with Crippen molar-refractivity contribution in [1.29, 1.82) is 0 Å². The zero-order valence-electron chi connectivity index (χ0n) is 20.9. The average Bonchev–Trinajstić information content (AvgIpc) is 3.29. The molecule has 2 aromatic rings. The number of hydrogen-bond donors (Lipinski definition) is 2. The molecule has 0 aromatic carbocycles. The van der Waals surface area contributed by atoms with Crippen LogP contribution in [0.2, 0.25) is 0 Å². The first-order valence-corrected chi connectivity index (χ1v) is 12.8. The van der Waals surface area contributed by atoms with E-state index in [1.54, 1.807) is 14.1 Å². The van der Waals surface area contributed by atoms with E-state index in [2.05, 4.69) is 20.2 Å². The summed E-state index contributed by atoms with van der Waals surface area (Å²) in [5.41, 5.74) is 6.24. The van der Waals surface area contributed by atoms with Crippen LogP contribution in [-0.2, 0) is 27.3 Å². The lowest BCUT2D eigenvalue weighted by molar-refractivity contribution is -0.136. The number of carbonyl (C=O) groups is 4. The van der Waals surface area contributed by atoms with Crippen LogP contribution in [0.3, 0.4) is 0 Å². The number of carbonyl (C=O) groups excluding carboxylic acids is 4. The van der Waals surface area contributed by atoms with Crippen LogP contribution in [-0.4, -0.2) is 83.2 Å². The zero-order valence-corrected chi connectivity index (χ0v) is 21.8. The van der Waals surface area contributed by atoms with E-state index in [9.17, 15) is 23.6 Å². The Labute approximate surface area is 217 Å². The number of fused-ring (bicyclic) bond motifs is 1. The number of anilines is 1. The molecule has 13 heteroatoms. The van der Waals surface area contributed by atoms with Crippen molar-refractivity contribution in [2.24, 2.45) is 11.7 Å². The molecular formula is C24H30FN7O4S. The normalized spacial score (nSPS) is 21.6. The molecule has 0 unspecified atom stereocenters. The molecule has 37 heavy (non-hydrogen) atoms. The minimum Gasteiger partial charge on any atom is -0.361 e. The summed E-state index contributed by atoms with van der Waals surface area (Å²) in [5, 5.41) is 3.26. The van der Waals surface area contributed by atoms with Crippen molar-refractivity contribution in [1.82, 2.24) is 25.1 Å². The number of halogens is 1. The molecular weight excluding hydrogens is 501 g/mol. The summed E-state index contributed by atoms with van der Waals surface area (Å²) >= 11 is 1.32. The molecule has 0 bridgehead atoms. The Kier molecular flexibility index (Phi) is 7.83. The molecule has 198 valence electrons. The summed E-state index contributed by atoms with van der Waals surface area (Å²) in [6.45, 7) is 1.56. The van der Waals surface area contributed by atoms with Crippen LogP contribution < -0.4 is 16.0 Å². The van der Waals surface area contributed by atoms with Crippen molar-refractivity contribution in [3.8, 4) is 0 Å². The average molecular weight is 532 g/mol. The Balaban J connectivity index is 1.66. The minimum atomic E-state index is -1.21. The van der Waals surface area contributed by atoms with Crippen molar-refractivity contribution in [2.75, 3.05) is 32.6 Å². The molecule has 1 fully saturated rings. The SMILES string of the molecule is CN1CCc2nc(C(=O)N[C@@H]3C[C@@H](C(=O)N(C)C)CC[C@@H]3N(C(=O)C(N)=O)c3ccc(F)cn3)sc2C1. The van der Waals surface area contributed by atoms with Gasteiger partial charge in [0.05, 0.1) is 24.0 Å². The van der Waals surface area contributed by atoms with Crippen LogP contribution in [0.25, 0.3) is 0 Å². The summed E-state index contributed by atoms with van der Waals surface area (Å²) in [4.78, 5) is 65.3. The van der Waals surface area contributed by atoms with Gasteiger partial charge in [0.1, 0.15) is 11.6 Å². The van der Waals surface area contributed by atoms with E-state index in [4.69, 9.17) is 5.73 Å². The quantitative estimate of drug-likeness (QED) is 0.536. The van der Waals surface area contributed by atoms with E-state index in [-0.39, 0.29) is 24.6 Å². The second-order valence-electron chi connectivity index (χ2n) is 9.64. The highest BCUT2D eigenvalue weighted by Gasteiger charge is 2.42. The molecule has 2 aromatic heterocycles. The van der Waals surface area contributed by atoms with Gasteiger partial charge in [-0.25, -0.2) is 14.4 Å². The van der Waals surface area contributed by atoms with E-state index in [0.717, 1.165) is 40.7 Å². The number of likely N-dealkylation sites (N-methyl/N-ethyl adjacent to an activating group) is 1. The molecule has 3 N–H and O–H groups in total. The molecule has 1 saturated carbocycles. The van der Waals surface area contributed by atoms with E-state index in [0.29, 0.717) is 18.0 Å².